The van der Waals surface area contributed by atoms with E-state index >= 15 is 0 Å². The molecule has 0 unspecified atom stereocenters. The van der Waals surface area contributed by atoms with Crippen molar-refractivity contribution in [1.29, 1.82) is 5.41 Å². The molecule has 0 saturated heterocycles. The fraction of sp³-hybridized carbons (Fsp3) is 0.0526. The summed E-state index contributed by atoms with van der Waals surface area (Å²) in [5.41, 5.74) is 8.72. The molecule has 5 N–H and O–H groups in total. The maximum absolute atomic E-state index is 9.30. The van der Waals surface area contributed by atoms with E-state index < -0.39 is 0 Å². The fourth-order valence-corrected chi connectivity index (χ4v) is 2.51. The highest BCUT2D eigenvalue weighted by Crippen LogP contribution is 2.30. The van der Waals surface area contributed by atoms with Crippen LogP contribution in [-0.4, -0.2) is 23.0 Å². The molecule has 2 aromatic carbocycles. The molecule has 0 radical (unpaired) electrons. The van der Waals surface area contributed by atoms with E-state index in [-0.39, 0.29) is 11.6 Å². The first-order valence-electron chi connectivity index (χ1n) is 7.66. The average molecular weight is 334 g/mol. The second-order valence-corrected chi connectivity index (χ2v) is 5.39. The molecule has 25 heavy (non-hydrogen) atoms. The molecule has 0 spiro atoms. The molecule has 0 amide bonds. The van der Waals surface area contributed by atoms with Crippen molar-refractivity contribution in [1.82, 2.24) is 4.98 Å². The summed E-state index contributed by atoms with van der Waals surface area (Å²) in [5.74, 6) is 1.47. The zero-order valence-corrected chi connectivity index (χ0v) is 13.7. The summed E-state index contributed by atoms with van der Waals surface area (Å²) in [5, 5.41) is 20.2. The number of hydrogen-bond acceptors (Lipinski definition) is 5. The number of aromatic nitrogens is 1. The van der Waals surface area contributed by atoms with Crippen LogP contribution in [0.15, 0.2) is 60.9 Å². The Hall–Kier alpha value is -3.54. The lowest BCUT2D eigenvalue weighted by Gasteiger charge is -2.13. The Bertz CT molecular complexity index is 890. The fourth-order valence-electron chi connectivity index (χ4n) is 2.51. The van der Waals surface area contributed by atoms with Crippen LogP contribution in [0.25, 0.3) is 11.1 Å². The number of benzene rings is 2. The van der Waals surface area contributed by atoms with Crippen molar-refractivity contribution in [3.8, 4) is 28.4 Å². The number of nitrogen functional groups attached to an aromatic ring is 1. The molecule has 0 fully saturated rings. The molecule has 1 aromatic heterocycles. The Balaban J connectivity index is 1.90. The van der Waals surface area contributed by atoms with Crippen molar-refractivity contribution >= 4 is 11.5 Å². The number of phenolic OH excluding ortho intramolecular Hbond substituents is 1. The molecule has 0 bridgehead atoms. The van der Waals surface area contributed by atoms with Gasteiger partial charge in [0.1, 0.15) is 23.1 Å². The third-order valence-electron chi connectivity index (χ3n) is 3.72. The van der Waals surface area contributed by atoms with Crippen LogP contribution in [0.1, 0.15) is 5.56 Å². The summed E-state index contributed by atoms with van der Waals surface area (Å²) in [4.78, 5) is 4.20. The Morgan fingerprint density at radius 1 is 1.04 bits per heavy atom. The second kappa shape index (κ2) is 6.92. The number of nitrogens with zero attached hydrogens (tertiary/aromatic N) is 1. The van der Waals surface area contributed by atoms with Gasteiger partial charge in [-0.3, -0.25) is 10.4 Å². The highest BCUT2D eigenvalue weighted by molar-refractivity contribution is 6.06. The van der Waals surface area contributed by atoms with Crippen LogP contribution < -0.4 is 15.8 Å². The van der Waals surface area contributed by atoms with Crippen molar-refractivity contribution in [2.45, 2.75) is 0 Å². The lowest BCUT2D eigenvalue weighted by Crippen LogP contribution is -2.15. The van der Waals surface area contributed by atoms with Crippen molar-refractivity contribution < 1.29 is 9.84 Å². The molecule has 0 aliphatic rings. The van der Waals surface area contributed by atoms with Gasteiger partial charge >= 0.3 is 0 Å². The van der Waals surface area contributed by atoms with Gasteiger partial charge in [-0.1, -0.05) is 12.1 Å². The van der Waals surface area contributed by atoms with Crippen LogP contribution in [0.3, 0.4) is 0 Å². The van der Waals surface area contributed by atoms with Crippen LogP contribution in [0, 0.1) is 5.41 Å². The van der Waals surface area contributed by atoms with Gasteiger partial charge in [0.05, 0.1) is 17.4 Å². The van der Waals surface area contributed by atoms with Crippen LogP contribution in [-0.2, 0) is 0 Å². The molecule has 0 saturated carbocycles. The van der Waals surface area contributed by atoms with Crippen molar-refractivity contribution in [3.05, 3.63) is 66.5 Å². The van der Waals surface area contributed by atoms with Crippen molar-refractivity contribution in [2.75, 3.05) is 12.4 Å². The number of hydrogen-bond donors (Lipinski definition) is 4. The first kappa shape index (κ1) is 16.3. The first-order valence-corrected chi connectivity index (χ1v) is 7.66. The van der Waals surface area contributed by atoms with Gasteiger partial charge in [0.15, 0.2) is 0 Å². The molecular formula is C19H18N4O2. The molecule has 3 rings (SSSR count). The summed E-state index contributed by atoms with van der Waals surface area (Å²) in [6.45, 7) is 0. The summed E-state index contributed by atoms with van der Waals surface area (Å²) in [6.07, 6.45) is 3.33. The number of nitrogens with two attached hydrogens (primary N) is 1. The van der Waals surface area contributed by atoms with Gasteiger partial charge in [0.2, 0.25) is 0 Å². The number of aromatic hydroxyl groups is 1. The Morgan fingerprint density at radius 3 is 2.20 bits per heavy atom. The van der Waals surface area contributed by atoms with Gasteiger partial charge in [0.25, 0.3) is 0 Å². The van der Waals surface area contributed by atoms with E-state index in [0.29, 0.717) is 22.7 Å². The van der Waals surface area contributed by atoms with E-state index in [9.17, 15) is 5.11 Å². The van der Waals surface area contributed by atoms with Gasteiger partial charge in [-0.2, -0.15) is 0 Å². The maximum atomic E-state index is 9.30. The number of ether oxygens (including phenoxy) is 1. The molecule has 0 aliphatic carbocycles. The van der Waals surface area contributed by atoms with E-state index in [1.165, 1.54) is 0 Å². The molecule has 1 heterocycles. The summed E-state index contributed by atoms with van der Waals surface area (Å²) in [6, 6.07) is 14.0. The first-order chi connectivity index (χ1) is 12.1. The molecule has 126 valence electrons. The zero-order chi connectivity index (χ0) is 17.8. The molecule has 3 aromatic rings. The zero-order valence-electron chi connectivity index (χ0n) is 13.7. The van der Waals surface area contributed by atoms with Gasteiger partial charge in [-0.25, -0.2) is 0 Å². The van der Waals surface area contributed by atoms with Crippen molar-refractivity contribution in [2.24, 2.45) is 5.73 Å². The number of phenols is 1. The summed E-state index contributed by atoms with van der Waals surface area (Å²) in [7, 11) is 1.77. The Labute approximate surface area is 145 Å². The number of rotatable bonds is 5. The lowest BCUT2D eigenvalue weighted by molar-refractivity contribution is 0.464. The number of pyridine rings is 1. The van der Waals surface area contributed by atoms with E-state index in [2.05, 4.69) is 10.3 Å². The molecule has 6 nitrogen and oxygen atoms in total. The molecular weight excluding hydrogens is 316 g/mol. The van der Waals surface area contributed by atoms with E-state index in [4.69, 9.17) is 15.9 Å². The van der Waals surface area contributed by atoms with Gasteiger partial charge in [-0.05, 0) is 42.0 Å². The Kier molecular flexibility index (Phi) is 4.52. The molecule has 6 heteroatoms. The van der Waals surface area contributed by atoms with Crippen LogP contribution >= 0.6 is 0 Å². The smallest absolute Gasteiger partial charge is 0.127 e. The molecule has 0 aliphatic heterocycles. The van der Waals surface area contributed by atoms with Gasteiger partial charge in [0, 0.05) is 18.8 Å². The van der Waals surface area contributed by atoms with Crippen LogP contribution in [0.2, 0.25) is 0 Å². The SMILES string of the molecule is CNc1cncc(-c2ccc(Oc3ccc(O)cc3)cc2)c1C(=N)N. The van der Waals surface area contributed by atoms with Crippen LogP contribution in [0.4, 0.5) is 5.69 Å². The van der Waals surface area contributed by atoms with E-state index in [1.807, 2.05) is 24.3 Å². The number of anilines is 1. The summed E-state index contributed by atoms with van der Waals surface area (Å²) >= 11 is 0. The predicted molar refractivity (Wildman–Crippen MR) is 98.4 cm³/mol. The monoisotopic (exact) mass is 334 g/mol. The Morgan fingerprint density at radius 2 is 1.64 bits per heavy atom. The van der Waals surface area contributed by atoms with Crippen molar-refractivity contribution in [3.63, 3.8) is 0 Å². The average Bonchev–Trinajstić information content (AvgIpc) is 2.63. The third-order valence-corrected chi connectivity index (χ3v) is 3.72. The third kappa shape index (κ3) is 3.53. The van der Waals surface area contributed by atoms with Gasteiger partial charge < -0.3 is 20.9 Å². The summed E-state index contributed by atoms with van der Waals surface area (Å²) < 4.78 is 5.74. The lowest BCUT2D eigenvalue weighted by atomic mass is 10.00. The normalized spacial score (nSPS) is 10.3. The highest BCUT2D eigenvalue weighted by atomic mass is 16.5. The predicted octanol–water partition coefficient (Wildman–Crippen LogP) is 3.57. The van der Waals surface area contributed by atoms with E-state index in [0.717, 1.165) is 11.1 Å². The van der Waals surface area contributed by atoms with E-state index in [1.54, 1.807) is 43.7 Å². The second-order valence-electron chi connectivity index (χ2n) is 5.39. The maximum Gasteiger partial charge on any atom is 0.127 e. The minimum absolute atomic E-state index is 0.0221. The standard InChI is InChI=1S/C19H18N4O2/c1-22-17-11-23-10-16(18(17)19(20)21)12-2-6-14(7-3-12)25-15-8-4-13(24)5-9-15/h2-11,22,24H,1H3,(H3,20,21). The number of nitrogens with one attached hydrogen (secondary N) is 2. The van der Waals surface area contributed by atoms with Gasteiger partial charge in [-0.15, -0.1) is 0 Å². The topological polar surface area (TPSA) is 104 Å². The quantitative estimate of drug-likeness (QED) is 0.422. The number of amidine groups is 1. The largest absolute Gasteiger partial charge is 0.508 e. The minimum atomic E-state index is -0.0221. The van der Waals surface area contributed by atoms with Crippen LogP contribution in [0.5, 0.6) is 17.2 Å². The minimum Gasteiger partial charge on any atom is -0.508 e. The highest BCUT2D eigenvalue weighted by Gasteiger charge is 2.13. The molecule has 0 atom stereocenters.